The zero-order valence-electron chi connectivity index (χ0n) is 12.8. The summed E-state index contributed by atoms with van der Waals surface area (Å²) in [6.07, 6.45) is 3.42. The first-order valence-corrected chi connectivity index (χ1v) is 8.41. The second-order valence-corrected chi connectivity index (χ2v) is 6.63. The summed E-state index contributed by atoms with van der Waals surface area (Å²) < 4.78 is 0. The molecule has 1 aliphatic rings. The third-order valence-corrected chi connectivity index (χ3v) is 5.53. The zero-order valence-corrected chi connectivity index (χ0v) is 13.6. The van der Waals surface area contributed by atoms with E-state index >= 15 is 0 Å². The Balaban J connectivity index is 2.23. The van der Waals surface area contributed by atoms with E-state index in [0.717, 1.165) is 13.0 Å². The highest BCUT2D eigenvalue weighted by molar-refractivity contribution is 7.11. The molecule has 0 bridgehead atoms. The number of piperidine rings is 1. The standard InChI is InChI=1S/C15H27N3S/c1-5-13-12(4)19-14(17-13)15(16-6-2)8-10-18(7-3)11-9-15/h16H,5-11H2,1-4H3. The lowest BCUT2D eigenvalue weighted by atomic mass is 9.88. The van der Waals surface area contributed by atoms with Gasteiger partial charge in [-0.2, -0.15) is 0 Å². The highest BCUT2D eigenvalue weighted by atomic mass is 32.1. The Morgan fingerprint density at radius 1 is 1.26 bits per heavy atom. The summed E-state index contributed by atoms with van der Waals surface area (Å²) in [7, 11) is 0. The minimum atomic E-state index is 0.128. The van der Waals surface area contributed by atoms with Gasteiger partial charge in [-0.15, -0.1) is 11.3 Å². The van der Waals surface area contributed by atoms with E-state index in [0.29, 0.717) is 0 Å². The molecule has 4 heteroatoms. The Morgan fingerprint density at radius 2 is 1.95 bits per heavy atom. The number of rotatable bonds is 5. The topological polar surface area (TPSA) is 28.2 Å². The van der Waals surface area contributed by atoms with Crippen LogP contribution in [0.5, 0.6) is 0 Å². The van der Waals surface area contributed by atoms with Gasteiger partial charge in [0.05, 0.1) is 11.2 Å². The van der Waals surface area contributed by atoms with E-state index < -0.39 is 0 Å². The second-order valence-electron chi connectivity index (χ2n) is 5.42. The maximum Gasteiger partial charge on any atom is 0.113 e. The van der Waals surface area contributed by atoms with Crippen molar-refractivity contribution in [2.24, 2.45) is 0 Å². The Bertz CT molecular complexity index is 406. The molecule has 0 unspecified atom stereocenters. The molecule has 2 heterocycles. The van der Waals surface area contributed by atoms with E-state index in [1.54, 1.807) is 0 Å². The minimum absolute atomic E-state index is 0.128. The summed E-state index contributed by atoms with van der Waals surface area (Å²) >= 11 is 1.90. The summed E-state index contributed by atoms with van der Waals surface area (Å²) in [5.41, 5.74) is 1.42. The van der Waals surface area contributed by atoms with Gasteiger partial charge in [0.1, 0.15) is 5.01 Å². The van der Waals surface area contributed by atoms with Crippen LogP contribution >= 0.6 is 11.3 Å². The van der Waals surface area contributed by atoms with Crippen LogP contribution in [0.4, 0.5) is 0 Å². The molecule has 0 radical (unpaired) electrons. The Hall–Kier alpha value is -0.450. The molecule has 3 nitrogen and oxygen atoms in total. The second kappa shape index (κ2) is 6.33. The molecule has 1 aliphatic heterocycles. The molecule has 0 atom stereocenters. The largest absolute Gasteiger partial charge is 0.306 e. The molecule has 1 N–H and O–H groups in total. The number of hydrogen-bond acceptors (Lipinski definition) is 4. The molecule has 1 saturated heterocycles. The van der Waals surface area contributed by atoms with E-state index in [2.05, 4.69) is 37.9 Å². The van der Waals surface area contributed by atoms with Crippen molar-refractivity contribution < 1.29 is 0 Å². The van der Waals surface area contributed by atoms with Crippen LogP contribution in [0.2, 0.25) is 0 Å². The van der Waals surface area contributed by atoms with Crippen LogP contribution in [-0.4, -0.2) is 36.1 Å². The molecule has 19 heavy (non-hydrogen) atoms. The van der Waals surface area contributed by atoms with Crippen LogP contribution in [0.15, 0.2) is 0 Å². The van der Waals surface area contributed by atoms with E-state index in [9.17, 15) is 0 Å². The lowest BCUT2D eigenvalue weighted by Crippen LogP contribution is -2.51. The normalized spacial score (nSPS) is 19.8. The maximum atomic E-state index is 4.93. The number of nitrogens with zero attached hydrogens (tertiary/aromatic N) is 2. The molecule has 1 aromatic rings. The highest BCUT2D eigenvalue weighted by Crippen LogP contribution is 2.36. The van der Waals surface area contributed by atoms with Crippen molar-refractivity contribution in [3.63, 3.8) is 0 Å². The van der Waals surface area contributed by atoms with Crippen LogP contribution < -0.4 is 5.32 Å². The molecule has 108 valence electrons. The van der Waals surface area contributed by atoms with Gasteiger partial charge in [-0.1, -0.05) is 20.8 Å². The van der Waals surface area contributed by atoms with E-state index in [-0.39, 0.29) is 5.54 Å². The molecule has 0 saturated carbocycles. The van der Waals surface area contributed by atoms with Crippen molar-refractivity contribution in [2.75, 3.05) is 26.2 Å². The van der Waals surface area contributed by atoms with E-state index in [1.807, 2.05) is 11.3 Å². The average Bonchev–Trinajstić information content (AvgIpc) is 2.82. The summed E-state index contributed by atoms with van der Waals surface area (Å²) in [5, 5.41) is 5.06. The fourth-order valence-corrected chi connectivity index (χ4v) is 4.24. The molecule has 0 amide bonds. The fraction of sp³-hybridized carbons (Fsp3) is 0.800. The maximum absolute atomic E-state index is 4.93. The highest BCUT2D eigenvalue weighted by Gasteiger charge is 2.37. The van der Waals surface area contributed by atoms with E-state index in [4.69, 9.17) is 4.98 Å². The first-order valence-electron chi connectivity index (χ1n) is 7.59. The van der Waals surface area contributed by atoms with Gasteiger partial charge in [-0.05, 0) is 39.3 Å². The van der Waals surface area contributed by atoms with Crippen molar-refractivity contribution in [3.05, 3.63) is 15.6 Å². The molecule has 1 fully saturated rings. The van der Waals surface area contributed by atoms with Gasteiger partial charge in [0.25, 0.3) is 0 Å². The quantitative estimate of drug-likeness (QED) is 0.899. The number of nitrogens with one attached hydrogen (secondary N) is 1. The van der Waals surface area contributed by atoms with Gasteiger partial charge in [0.15, 0.2) is 0 Å². The van der Waals surface area contributed by atoms with Crippen LogP contribution in [0.3, 0.4) is 0 Å². The number of hydrogen-bond donors (Lipinski definition) is 1. The summed E-state index contributed by atoms with van der Waals surface area (Å²) in [4.78, 5) is 8.87. The molecule has 0 spiro atoms. The van der Waals surface area contributed by atoms with Crippen molar-refractivity contribution in [1.82, 2.24) is 15.2 Å². The van der Waals surface area contributed by atoms with Gasteiger partial charge in [0.2, 0.25) is 0 Å². The molecule has 0 aromatic carbocycles. The summed E-state index contributed by atoms with van der Waals surface area (Å²) in [5.74, 6) is 0. The Labute approximate surface area is 121 Å². The Morgan fingerprint density at radius 3 is 2.42 bits per heavy atom. The predicted octanol–water partition coefficient (Wildman–Crippen LogP) is 2.93. The number of aryl methyl sites for hydroxylation is 2. The average molecular weight is 281 g/mol. The first-order chi connectivity index (χ1) is 9.15. The lowest BCUT2D eigenvalue weighted by molar-refractivity contribution is 0.140. The van der Waals surface area contributed by atoms with Crippen LogP contribution in [0.1, 0.15) is 49.2 Å². The lowest BCUT2D eigenvalue weighted by Gasteiger charge is -2.41. The summed E-state index contributed by atoms with van der Waals surface area (Å²) in [6.45, 7) is 13.4. The van der Waals surface area contributed by atoms with Crippen molar-refractivity contribution in [1.29, 1.82) is 0 Å². The number of thiazole rings is 1. The van der Waals surface area contributed by atoms with Gasteiger partial charge in [-0.3, -0.25) is 0 Å². The number of aromatic nitrogens is 1. The van der Waals surface area contributed by atoms with Gasteiger partial charge < -0.3 is 10.2 Å². The molecule has 2 rings (SSSR count). The predicted molar refractivity (Wildman–Crippen MR) is 82.9 cm³/mol. The van der Waals surface area contributed by atoms with Crippen molar-refractivity contribution >= 4 is 11.3 Å². The van der Waals surface area contributed by atoms with Crippen molar-refractivity contribution in [3.8, 4) is 0 Å². The van der Waals surface area contributed by atoms with Crippen LogP contribution in [0, 0.1) is 6.92 Å². The fourth-order valence-electron chi connectivity index (χ4n) is 3.02. The molecular formula is C15H27N3S. The third-order valence-electron chi connectivity index (χ3n) is 4.31. The molecule has 0 aliphatic carbocycles. The minimum Gasteiger partial charge on any atom is -0.306 e. The van der Waals surface area contributed by atoms with Gasteiger partial charge in [-0.25, -0.2) is 4.98 Å². The first kappa shape index (κ1) is 14.9. The third kappa shape index (κ3) is 3.01. The summed E-state index contributed by atoms with van der Waals surface area (Å²) in [6, 6.07) is 0. The number of likely N-dealkylation sites (tertiary alicyclic amines) is 1. The smallest absolute Gasteiger partial charge is 0.113 e. The monoisotopic (exact) mass is 281 g/mol. The van der Waals surface area contributed by atoms with Crippen LogP contribution in [-0.2, 0) is 12.0 Å². The SMILES string of the molecule is CCNC1(c2nc(CC)c(C)s2)CCN(CC)CC1. The van der Waals surface area contributed by atoms with Crippen LogP contribution in [0.25, 0.3) is 0 Å². The van der Waals surface area contributed by atoms with Crippen molar-refractivity contribution in [2.45, 2.75) is 52.5 Å². The molecular weight excluding hydrogens is 254 g/mol. The Kier molecular flexibility index (Phi) is 4.98. The molecule has 1 aromatic heterocycles. The van der Waals surface area contributed by atoms with E-state index in [1.165, 1.54) is 48.1 Å². The van der Waals surface area contributed by atoms with Gasteiger partial charge >= 0.3 is 0 Å². The zero-order chi connectivity index (χ0) is 13.9. The van der Waals surface area contributed by atoms with Gasteiger partial charge in [0, 0.05) is 18.0 Å².